The van der Waals surface area contributed by atoms with E-state index in [4.69, 9.17) is 10.8 Å². The number of hydrogen-bond acceptors (Lipinski definition) is 2. The summed E-state index contributed by atoms with van der Waals surface area (Å²) in [5, 5.41) is 10.8. The molecule has 68 valence electrons. The van der Waals surface area contributed by atoms with E-state index in [0.717, 1.165) is 0 Å². The van der Waals surface area contributed by atoms with E-state index in [2.05, 4.69) is 5.32 Å². The SMILES string of the molecule is CC(=CC(C)NC(N)=O)C(=O)O. The van der Waals surface area contributed by atoms with Gasteiger partial charge in [0.15, 0.2) is 0 Å². The number of carbonyl (C=O) groups is 2. The molecule has 0 radical (unpaired) electrons. The number of nitrogens with two attached hydrogens (primary N) is 1. The number of rotatable bonds is 3. The van der Waals surface area contributed by atoms with E-state index >= 15 is 0 Å². The lowest BCUT2D eigenvalue weighted by molar-refractivity contribution is -0.132. The first kappa shape index (κ1) is 10.5. The van der Waals surface area contributed by atoms with E-state index in [1.54, 1.807) is 6.92 Å². The van der Waals surface area contributed by atoms with Gasteiger partial charge in [-0.2, -0.15) is 0 Å². The zero-order valence-corrected chi connectivity index (χ0v) is 7.00. The predicted molar refractivity (Wildman–Crippen MR) is 43.6 cm³/mol. The molecule has 0 aromatic heterocycles. The van der Waals surface area contributed by atoms with Crippen LogP contribution in [-0.2, 0) is 4.79 Å². The highest BCUT2D eigenvalue weighted by molar-refractivity contribution is 5.86. The summed E-state index contributed by atoms with van der Waals surface area (Å²) in [4.78, 5) is 20.6. The first-order valence-electron chi connectivity index (χ1n) is 3.41. The van der Waals surface area contributed by atoms with Gasteiger partial charge in [-0.1, -0.05) is 6.08 Å². The Labute approximate surface area is 70.2 Å². The Bertz CT molecular complexity index is 223. The molecular formula is C7H12N2O3. The van der Waals surface area contributed by atoms with Crippen LogP contribution in [-0.4, -0.2) is 23.1 Å². The second-order valence-corrected chi connectivity index (χ2v) is 2.45. The lowest BCUT2D eigenvalue weighted by Gasteiger charge is -2.06. The van der Waals surface area contributed by atoms with Crippen molar-refractivity contribution < 1.29 is 14.7 Å². The molecule has 0 saturated carbocycles. The normalized spacial score (nSPS) is 13.7. The van der Waals surface area contributed by atoms with Crippen molar-refractivity contribution in [1.82, 2.24) is 5.32 Å². The van der Waals surface area contributed by atoms with E-state index in [-0.39, 0.29) is 11.6 Å². The van der Waals surface area contributed by atoms with Gasteiger partial charge in [0, 0.05) is 11.6 Å². The molecule has 2 amide bonds. The van der Waals surface area contributed by atoms with Crippen molar-refractivity contribution in [2.24, 2.45) is 5.73 Å². The maximum Gasteiger partial charge on any atom is 0.331 e. The molecule has 0 aromatic rings. The highest BCUT2D eigenvalue weighted by Crippen LogP contribution is 1.95. The fraction of sp³-hybridized carbons (Fsp3) is 0.429. The van der Waals surface area contributed by atoms with Gasteiger partial charge in [0.05, 0.1) is 0 Å². The van der Waals surface area contributed by atoms with Crippen LogP contribution in [0.15, 0.2) is 11.6 Å². The molecule has 0 heterocycles. The number of amides is 2. The second-order valence-electron chi connectivity index (χ2n) is 2.45. The largest absolute Gasteiger partial charge is 0.478 e. The quantitative estimate of drug-likeness (QED) is 0.526. The summed E-state index contributed by atoms with van der Waals surface area (Å²) in [6.07, 6.45) is 1.41. The highest BCUT2D eigenvalue weighted by Gasteiger charge is 2.04. The van der Waals surface area contributed by atoms with Gasteiger partial charge in [-0.25, -0.2) is 9.59 Å². The van der Waals surface area contributed by atoms with Crippen LogP contribution in [0.5, 0.6) is 0 Å². The minimum absolute atomic E-state index is 0.177. The smallest absolute Gasteiger partial charge is 0.331 e. The Balaban J connectivity index is 4.14. The molecule has 0 aromatic carbocycles. The molecule has 12 heavy (non-hydrogen) atoms. The molecule has 4 N–H and O–H groups in total. The van der Waals surface area contributed by atoms with Crippen molar-refractivity contribution in [2.75, 3.05) is 0 Å². The fourth-order valence-corrected chi connectivity index (χ4v) is 0.712. The molecule has 0 aliphatic rings. The van der Waals surface area contributed by atoms with Crippen molar-refractivity contribution in [3.05, 3.63) is 11.6 Å². The van der Waals surface area contributed by atoms with Crippen LogP contribution in [0, 0.1) is 0 Å². The van der Waals surface area contributed by atoms with Gasteiger partial charge in [-0.05, 0) is 13.8 Å². The van der Waals surface area contributed by atoms with Crippen molar-refractivity contribution >= 4 is 12.0 Å². The number of carbonyl (C=O) groups excluding carboxylic acids is 1. The molecule has 0 saturated heterocycles. The third-order valence-corrected chi connectivity index (χ3v) is 1.21. The minimum Gasteiger partial charge on any atom is -0.478 e. The van der Waals surface area contributed by atoms with Gasteiger partial charge in [-0.15, -0.1) is 0 Å². The van der Waals surface area contributed by atoms with Crippen LogP contribution in [0.2, 0.25) is 0 Å². The Hall–Kier alpha value is -1.52. The first-order valence-corrected chi connectivity index (χ1v) is 3.41. The predicted octanol–water partition coefficient (Wildman–Crippen LogP) is 0.0741. The summed E-state index contributed by atoms with van der Waals surface area (Å²) in [7, 11) is 0. The number of carboxylic acids is 1. The molecular weight excluding hydrogens is 160 g/mol. The highest BCUT2D eigenvalue weighted by atomic mass is 16.4. The van der Waals surface area contributed by atoms with Crippen molar-refractivity contribution in [2.45, 2.75) is 19.9 Å². The molecule has 0 bridgehead atoms. The summed E-state index contributed by atoms with van der Waals surface area (Å²) in [5.74, 6) is -1.01. The van der Waals surface area contributed by atoms with Crippen LogP contribution in [0.1, 0.15) is 13.8 Å². The molecule has 0 spiro atoms. The lowest BCUT2D eigenvalue weighted by Crippen LogP contribution is -2.35. The monoisotopic (exact) mass is 172 g/mol. The molecule has 1 atom stereocenters. The van der Waals surface area contributed by atoms with Gasteiger partial charge in [0.1, 0.15) is 0 Å². The summed E-state index contributed by atoms with van der Waals surface area (Å²) in [6, 6.07) is -1.03. The van der Waals surface area contributed by atoms with Crippen molar-refractivity contribution in [3.63, 3.8) is 0 Å². The zero-order chi connectivity index (χ0) is 9.72. The van der Waals surface area contributed by atoms with Crippen LogP contribution in [0.4, 0.5) is 4.79 Å². The molecule has 0 rings (SSSR count). The van der Waals surface area contributed by atoms with Gasteiger partial charge < -0.3 is 16.2 Å². The van der Waals surface area contributed by atoms with E-state index in [0.29, 0.717) is 0 Å². The molecule has 0 fully saturated rings. The van der Waals surface area contributed by atoms with E-state index in [9.17, 15) is 9.59 Å². The third kappa shape index (κ3) is 4.32. The number of aliphatic carboxylic acids is 1. The minimum atomic E-state index is -1.01. The second kappa shape index (κ2) is 4.38. The fourth-order valence-electron chi connectivity index (χ4n) is 0.712. The van der Waals surface area contributed by atoms with E-state index < -0.39 is 12.0 Å². The standard InChI is InChI=1S/C7H12N2O3/c1-4(6(10)11)3-5(2)9-7(8)12/h3,5H,1-2H3,(H,10,11)(H3,8,9,12). The maximum atomic E-state index is 10.3. The van der Waals surface area contributed by atoms with E-state index in [1.807, 2.05) is 0 Å². The number of urea groups is 1. The Morgan fingerprint density at radius 3 is 2.42 bits per heavy atom. The van der Waals surface area contributed by atoms with Crippen LogP contribution >= 0.6 is 0 Å². The molecule has 1 unspecified atom stereocenters. The maximum absolute atomic E-state index is 10.3. The summed E-state index contributed by atoms with van der Waals surface area (Å²) in [5.41, 5.74) is 5.00. The average molecular weight is 172 g/mol. The summed E-state index contributed by atoms with van der Waals surface area (Å²) >= 11 is 0. The Morgan fingerprint density at radius 1 is 1.58 bits per heavy atom. The van der Waals surface area contributed by atoms with Gasteiger partial charge in [-0.3, -0.25) is 0 Å². The Kier molecular flexibility index (Phi) is 3.82. The summed E-state index contributed by atoms with van der Waals surface area (Å²) in [6.45, 7) is 3.08. The third-order valence-electron chi connectivity index (χ3n) is 1.21. The van der Waals surface area contributed by atoms with E-state index in [1.165, 1.54) is 13.0 Å². The molecule has 0 aliphatic heterocycles. The molecule has 0 aliphatic carbocycles. The topological polar surface area (TPSA) is 92.4 Å². The van der Waals surface area contributed by atoms with Crippen LogP contribution in [0.25, 0.3) is 0 Å². The molecule has 5 nitrogen and oxygen atoms in total. The number of nitrogens with one attached hydrogen (secondary N) is 1. The van der Waals surface area contributed by atoms with Crippen molar-refractivity contribution in [3.8, 4) is 0 Å². The number of carboxylic acid groups (broad SMARTS) is 1. The van der Waals surface area contributed by atoms with Crippen molar-refractivity contribution in [1.29, 1.82) is 0 Å². The van der Waals surface area contributed by atoms with Crippen LogP contribution in [0.3, 0.4) is 0 Å². The number of hydrogen-bond donors (Lipinski definition) is 3. The lowest BCUT2D eigenvalue weighted by atomic mass is 10.2. The Morgan fingerprint density at radius 2 is 2.08 bits per heavy atom. The first-order chi connectivity index (χ1) is 5.43. The number of primary amides is 1. The summed E-state index contributed by atoms with van der Waals surface area (Å²) < 4.78 is 0. The molecule has 5 heteroatoms. The van der Waals surface area contributed by atoms with Gasteiger partial charge in [0.2, 0.25) is 0 Å². The average Bonchev–Trinajstić information content (AvgIpc) is 1.84. The van der Waals surface area contributed by atoms with Gasteiger partial charge in [0.25, 0.3) is 0 Å². The van der Waals surface area contributed by atoms with Crippen LogP contribution < -0.4 is 11.1 Å². The van der Waals surface area contributed by atoms with Gasteiger partial charge >= 0.3 is 12.0 Å². The zero-order valence-electron chi connectivity index (χ0n) is 7.00.